The maximum atomic E-state index is 12.1. The van der Waals surface area contributed by atoms with E-state index in [0.717, 1.165) is 21.3 Å². The van der Waals surface area contributed by atoms with Gasteiger partial charge in [0, 0.05) is 21.3 Å². The number of carbonyl (C=O) groups is 1. The second kappa shape index (κ2) is 6.27. The van der Waals surface area contributed by atoms with Crippen LogP contribution in [0, 0.1) is 0 Å². The van der Waals surface area contributed by atoms with Gasteiger partial charge in [-0.1, -0.05) is 24.3 Å². The van der Waals surface area contributed by atoms with Crippen LogP contribution in [-0.2, 0) is 12.8 Å². The first-order valence-electron chi connectivity index (χ1n) is 5.75. The Balaban J connectivity index is 2.07. The molecule has 2 nitrogen and oxygen atoms in total. The Morgan fingerprint density at radius 2 is 1.94 bits per heavy atom. The largest absolute Gasteiger partial charge is 0.330 e. The van der Waals surface area contributed by atoms with E-state index in [-0.39, 0.29) is 5.78 Å². The highest BCUT2D eigenvalue weighted by molar-refractivity contribution is 9.10. The van der Waals surface area contributed by atoms with E-state index in [1.54, 1.807) is 11.3 Å². The van der Waals surface area contributed by atoms with Crippen molar-refractivity contribution in [2.24, 2.45) is 5.73 Å². The van der Waals surface area contributed by atoms with Gasteiger partial charge in [-0.2, -0.15) is 0 Å². The van der Waals surface area contributed by atoms with Crippen molar-refractivity contribution in [3.8, 4) is 0 Å². The van der Waals surface area contributed by atoms with Gasteiger partial charge in [0.25, 0.3) is 0 Å². The van der Waals surface area contributed by atoms with Crippen molar-refractivity contribution < 1.29 is 4.79 Å². The van der Waals surface area contributed by atoms with Gasteiger partial charge in [-0.25, -0.2) is 0 Å². The van der Waals surface area contributed by atoms with E-state index in [1.807, 2.05) is 35.7 Å². The summed E-state index contributed by atoms with van der Waals surface area (Å²) in [5, 5.41) is 1.98. The van der Waals surface area contributed by atoms with Crippen molar-refractivity contribution in [1.82, 2.24) is 0 Å². The molecule has 0 fully saturated rings. The lowest BCUT2D eigenvalue weighted by Crippen LogP contribution is -2.05. The van der Waals surface area contributed by atoms with Crippen molar-refractivity contribution in [3.05, 3.63) is 56.2 Å². The van der Waals surface area contributed by atoms with Gasteiger partial charge in [0.05, 0.1) is 0 Å². The van der Waals surface area contributed by atoms with Crippen LogP contribution in [0.1, 0.15) is 20.8 Å². The van der Waals surface area contributed by atoms with E-state index in [1.165, 1.54) is 5.56 Å². The number of Topliss-reactive ketones (excluding diaryl/α,β-unsaturated/α-hetero) is 1. The normalized spacial score (nSPS) is 10.6. The predicted molar refractivity (Wildman–Crippen MR) is 79.3 cm³/mol. The monoisotopic (exact) mass is 323 g/mol. The fraction of sp³-hybridized carbons (Fsp3) is 0.214. The second-order valence-electron chi connectivity index (χ2n) is 4.03. The molecule has 2 rings (SSSR count). The van der Waals surface area contributed by atoms with E-state index in [2.05, 4.69) is 15.9 Å². The quantitative estimate of drug-likeness (QED) is 0.856. The number of carbonyl (C=O) groups excluding carboxylic acids is 1. The lowest BCUT2D eigenvalue weighted by molar-refractivity contribution is 0.0993. The summed E-state index contributed by atoms with van der Waals surface area (Å²) in [7, 11) is 0. The molecule has 0 aliphatic rings. The molecule has 0 spiro atoms. The summed E-state index contributed by atoms with van der Waals surface area (Å²) in [5.74, 6) is 0.150. The SMILES string of the molecule is NCCc1ccc(C(=O)Cc2sccc2Br)cc1. The third-order valence-electron chi connectivity index (χ3n) is 2.72. The zero-order valence-electron chi connectivity index (χ0n) is 9.86. The molecule has 1 aromatic heterocycles. The van der Waals surface area contributed by atoms with Gasteiger partial charge in [-0.05, 0) is 45.9 Å². The minimum Gasteiger partial charge on any atom is -0.330 e. The highest BCUT2D eigenvalue weighted by Gasteiger charge is 2.10. The number of rotatable bonds is 5. The van der Waals surface area contributed by atoms with E-state index < -0.39 is 0 Å². The predicted octanol–water partition coefficient (Wildman–Crippen LogP) is 3.44. The van der Waals surface area contributed by atoms with Gasteiger partial charge in [-0.15, -0.1) is 11.3 Å². The number of benzene rings is 1. The molecule has 0 unspecified atom stereocenters. The molecule has 2 aromatic rings. The Hall–Kier alpha value is -0.970. The third kappa shape index (κ3) is 3.28. The molecule has 0 radical (unpaired) electrons. The molecule has 94 valence electrons. The maximum absolute atomic E-state index is 12.1. The molecular formula is C14H14BrNOS. The summed E-state index contributed by atoms with van der Waals surface area (Å²) < 4.78 is 1.01. The summed E-state index contributed by atoms with van der Waals surface area (Å²) in [6.07, 6.45) is 1.30. The Morgan fingerprint density at radius 3 is 2.50 bits per heavy atom. The van der Waals surface area contributed by atoms with Gasteiger partial charge in [0.15, 0.2) is 5.78 Å². The molecule has 1 heterocycles. The van der Waals surface area contributed by atoms with Crippen LogP contribution in [0.2, 0.25) is 0 Å². The molecule has 0 aliphatic carbocycles. The molecule has 0 aliphatic heterocycles. The van der Waals surface area contributed by atoms with Gasteiger partial charge in [0.1, 0.15) is 0 Å². The summed E-state index contributed by atoms with van der Waals surface area (Å²) in [6.45, 7) is 0.634. The number of ketones is 1. The van der Waals surface area contributed by atoms with Crippen LogP contribution in [-0.4, -0.2) is 12.3 Å². The minimum absolute atomic E-state index is 0.150. The zero-order valence-corrected chi connectivity index (χ0v) is 12.3. The summed E-state index contributed by atoms with van der Waals surface area (Å²) in [4.78, 5) is 13.2. The van der Waals surface area contributed by atoms with Crippen molar-refractivity contribution in [2.75, 3.05) is 6.54 Å². The van der Waals surface area contributed by atoms with E-state index in [4.69, 9.17) is 5.73 Å². The highest BCUT2D eigenvalue weighted by atomic mass is 79.9. The number of hydrogen-bond donors (Lipinski definition) is 1. The van der Waals surface area contributed by atoms with Crippen LogP contribution in [0.3, 0.4) is 0 Å². The Kier molecular flexibility index (Phi) is 4.69. The standard InChI is InChI=1S/C14H14BrNOS/c15-12-6-8-18-14(12)9-13(17)11-3-1-10(2-4-11)5-7-16/h1-4,6,8H,5,7,9,16H2. The third-order valence-corrected chi connectivity index (χ3v) is 4.65. The van der Waals surface area contributed by atoms with Crippen LogP contribution in [0.15, 0.2) is 40.2 Å². The Morgan fingerprint density at radius 1 is 1.22 bits per heavy atom. The average molecular weight is 324 g/mol. The van der Waals surface area contributed by atoms with E-state index in [9.17, 15) is 4.79 Å². The van der Waals surface area contributed by atoms with Gasteiger partial charge in [0.2, 0.25) is 0 Å². The van der Waals surface area contributed by atoms with Crippen LogP contribution in [0.5, 0.6) is 0 Å². The molecule has 0 amide bonds. The average Bonchev–Trinajstić information content (AvgIpc) is 2.76. The van der Waals surface area contributed by atoms with Crippen LogP contribution in [0.25, 0.3) is 0 Å². The number of halogens is 1. The Labute approximate surface area is 119 Å². The van der Waals surface area contributed by atoms with E-state index >= 15 is 0 Å². The summed E-state index contributed by atoms with van der Waals surface area (Å²) in [6, 6.07) is 9.69. The zero-order chi connectivity index (χ0) is 13.0. The molecule has 4 heteroatoms. The van der Waals surface area contributed by atoms with E-state index in [0.29, 0.717) is 13.0 Å². The minimum atomic E-state index is 0.150. The smallest absolute Gasteiger partial charge is 0.168 e. The molecule has 0 bridgehead atoms. The van der Waals surface area contributed by atoms with Crippen LogP contribution in [0.4, 0.5) is 0 Å². The van der Waals surface area contributed by atoms with Crippen molar-refractivity contribution in [2.45, 2.75) is 12.8 Å². The number of nitrogens with two attached hydrogens (primary N) is 1. The molecular weight excluding hydrogens is 310 g/mol. The summed E-state index contributed by atoms with van der Waals surface area (Å²) >= 11 is 5.04. The molecule has 0 saturated carbocycles. The fourth-order valence-electron chi connectivity index (χ4n) is 1.72. The Bertz CT molecular complexity index is 533. The van der Waals surface area contributed by atoms with Gasteiger partial charge < -0.3 is 5.73 Å². The molecule has 18 heavy (non-hydrogen) atoms. The molecule has 0 atom stereocenters. The maximum Gasteiger partial charge on any atom is 0.168 e. The first-order valence-corrected chi connectivity index (χ1v) is 7.42. The number of hydrogen-bond acceptors (Lipinski definition) is 3. The van der Waals surface area contributed by atoms with Crippen LogP contribution < -0.4 is 5.73 Å². The van der Waals surface area contributed by atoms with Crippen LogP contribution >= 0.6 is 27.3 Å². The van der Waals surface area contributed by atoms with Crippen molar-refractivity contribution >= 4 is 33.0 Å². The molecule has 0 saturated heterocycles. The topological polar surface area (TPSA) is 43.1 Å². The molecule has 1 aromatic carbocycles. The first-order chi connectivity index (χ1) is 8.70. The highest BCUT2D eigenvalue weighted by Crippen LogP contribution is 2.24. The number of thiophene rings is 1. The molecule has 2 N–H and O–H groups in total. The fourth-order valence-corrected chi connectivity index (χ4v) is 3.21. The lowest BCUT2D eigenvalue weighted by Gasteiger charge is -2.02. The van der Waals surface area contributed by atoms with Gasteiger partial charge >= 0.3 is 0 Å². The van der Waals surface area contributed by atoms with Crippen molar-refractivity contribution in [3.63, 3.8) is 0 Å². The lowest BCUT2D eigenvalue weighted by atomic mass is 10.0. The van der Waals surface area contributed by atoms with Crippen molar-refractivity contribution in [1.29, 1.82) is 0 Å². The summed E-state index contributed by atoms with van der Waals surface area (Å²) in [5.41, 5.74) is 7.43. The second-order valence-corrected chi connectivity index (χ2v) is 5.88. The van der Waals surface area contributed by atoms with Gasteiger partial charge in [-0.3, -0.25) is 4.79 Å². The first kappa shape index (κ1) is 13.5.